The lowest BCUT2D eigenvalue weighted by Gasteiger charge is -2.25. The van der Waals surface area contributed by atoms with E-state index in [4.69, 9.17) is 14.9 Å². The molecule has 1 aromatic carbocycles. The van der Waals surface area contributed by atoms with Crippen LogP contribution in [-0.4, -0.2) is 21.5 Å². The molecule has 108 valence electrons. The third-order valence-corrected chi connectivity index (χ3v) is 5.76. The molecule has 0 fully saturated rings. The highest BCUT2D eigenvalue weighted by molar-refractivity contribution is 6.71. The number of methoxy groups -OCH3 is 1. The second kappa shape index (κ2) is 6.96. The van der Waals surface area contributed by atoms with Crippen LogP contribution in [0.1, 0.15) is 25.8 Å². The number of nitrogens with two attached hydrogens (primary N) is 1. The van der Waals surface area contributed by atoms with Crippen molar-refractivity contribution in [1.29, 1.82) is 0 Å². The lowest BCUT2D eigenvalue weighted by Crippen LogP contribution is -2.33. The molecule has 0 spiro atoms. The molecule has 0 radical (unpaired) electrons. The molecule has 1 rings (SSSR count). The molecule has 0 atom stereocenters. The van der Waals surface area contributed by atoms with Gasteiger partial charge < -0.3 is 14.9 Å². The van der Waals surface area contributed by atoms with E-state index in [1.807, 2.05) is 12.1 Å². The standard InChI is InChI=1S/C15H27NO2Si/c1-12(2)18-19(4,5)10-6-7-13-8-9-14(16)15(11-13)17-3/h8-9,11-12H,6-7,10,16H2,1-5H3. The van der Waals surface area contributed by atoms with Crippen molar-refractivity contribution in [2.45, 2.75) is 51.9 Å². The van der Waals surface area contributed by atoms with Gasteiger partial charge in [-0.25, -0.2) is 0 Å². The zero-order valence-corrected chi connectivity index (χ0v) is 13.8. The van der Waals surface area contributed by atoms with Crippen molar-refractivity contribution in [3.05, 3.63) is 23.8 Å². The second-order valence-corrected chi connectivity index (χ2v) is 10.1. The molecule has 3 nitrogen and oxygen atoms in total. The fraction of sp³-hybridized carbons (Fsp3) is 0.600. The second-order valence-electron chi connectivity index (χ2n) is 5.86. The average molecular weight is 281 g/mol. The van der Waals surface area contributed by atoms with Crippen LogP contribution in [0.5, 0.6) is 5.75 Å². The monoisotopic (exact) mass is 281 g/mol. The summed E-state index contributed by atoms with van der Waals surface area (Å²) in [7, 11) is 0.146. The summed E-state index contributed by atoms with van der Waals surface area (Å²) in [4.78, 5) is 0. The maximum atomic E-state index is 6.03. The van der Waals surface area contributed by atoms with Gasteiger partial charge in [-0.3, -0.25) is 0 Å². The van der Waals surface area contributed by atoms with Crippen molar-refractivity contribution >= 4 is 14.0 Å². The summed E-state index contributed by atoms with van der Waals surface area (Å²) in [5.41, 5.74) is 7.79. The molecule has 0 bridgehead atoms. The highest BCUT2D eigenvalue weighted by Gasteiger charge is 2.23. The van der Waals surface area contributed by atoms with E-state index in [9.17, 15) is 0 Å². The number of rotatable bonds is 7. The van der Waals surface area contributed by atoms with Crippen molar-refractivity contribution < 1.29 is 9.16 Å². The molecular weight excluding hydrogens is 254 g/mol. The molecular formula is C15H27NO2Si. The van der Waals surface area contributed by atoms with Crippen molar-refractivity contribution in [2.75, 3.05) is 12.8 Å². The minimum Gasteiger partial charge on any atom is -0.495 e. The smallest absolute Gasteiger partial charge is 0.187 e. The topological polar surface area (TPSA) is 44.5 Å². The number of nitrogen functional groups attached to an aromatic ring is 1. The molecule has 19 heavy (non-hydrogen) atoms. The van der Waals surface area contributed by atoms with Crippen LogP contribution in [0.3, 0.4) is 0 Å². The molecule has 0 aliphatic rings. The fourth-order valence-electron chi connectivity index (χ4n) is 2.33. The lowest BCUT2D eigenvalue weighted by molar-refractivity contribution is 0.231. The highest BCUT2D eigenvalue weighted by atomic mass is 28.4. The number of hydrogen-bond donors (Lipinski definition) is 1. The molecule has 0 aliphatic heterocycles. The van der Waals surface area contributed by atoms with E-state index in [2.05, 4.69) is 33.0 Å². The van der Waals surface area contributed by atoms with Crippen molar-refractivity contribution in [1.82, 2.24) is 0 Å². The Morgan fingerprint density at radius 1 is 1.26 bits per heavy atom. The number of benzene rings is 1. The zero-order chi connectivity index (χ0) is 14.5. The maximum absolute atomic E-state index is 6.03. The SMILES string of the molecule is COc1cc(CCC[Si](C)(C)OC(C)C)ccc1N. The van der Waals surface area contributed by atoms with E-state index in [1.165, 1.54) is 11.6 Å². The summed E-state index contributed by atoms with van der Waals surface area (Å²) in [6.07, 6.45) is 2.53. The highest BCUT2D eigenvalue weighted by Crippen LogP contribution is 2.24. The Bertz CT molecular complexity index is 405. The molecule has 0 aliphatic carbocycles. The first-order valence-corrected chi connectivity index (χ1v) is 10.1. The van der Waals surface area contributed by atoms with E-state index < -0.39 is 8.32 Å². The largest absolute Gasteiger partial charge is 0.495 e. The van der Waals surface area contributed by atoms with Crippen molar-refractivity contribution in [2.24, 2.45) is 0 Å². The minimum atomic E-state index is -1.51. The lowest BCUT2D eigenvalue weighted by atomic mass is 10.1. The fourth-order valence-corrected chi connectivity index (χ4v) is 4.75. The number of hydrogen-bond acceptors (Lipinski definition) is 3. The van der Waals surface area contributed by atoms with Crippen LogP contribution in [0.4, 0.5) is 5.69 Å². The van der Waals surface area contributed by atoms with E-state index in [-0.39, 0.29) is 0 Å². The van der Waals surface area contributed by atoms with Crippen LogP contribution in [0.25, 0.3) is 0 Å². The average Bonchev–Trinajstić information content (AvgIpc) is 2.29. The summed E-state index contributed by atoms with van der Waals surface area (Å²) in [6, 6.07) is 7.21. The molecule has 4 heteroatoms. The summed E-state index contributed by atoms with van der Waals surface area (Å²) in [5, 5.41) is 0. The third kappa shape index (κ3) is 5.66. The molecule has 2 N–H and O–H groups in total. The summed E-state index contributed by atoms with van der Waals surface area (Å²) < 4.78 is 11.3. The van der Waals surface area contributed by atoms with Crippen LogP contribution in [0.2, 0.25) is 19.1 Å². The molecule has 0 aromatic heterocycles. The Morgan fingerprint density at radius 3 is 2.53 bits per heavy atom. The van der Waals surface area contributed by atoms with Crippen LogP contribution < -0.4 is 10.5 Å². The van der Waals surface area contributed by atoms with E-state index >= 15 is 0 Å². The van der Waals surface area contributed by atoms with Gasteiger partial charge in [0.05, 0.1) is 12.8 Å². The molecule has 0 unspecified atom stereocenters. The molecule has 0 saturated carbocycles. The Balaban J connectivity index is 2.49. The number of ether oxygens (including phenoxy) is 1. The zero-order valence-electron chi connectivity index (χ0n) is 12.8. The Hall–Kier alpha value is -1.00. The molecule has 0 heterocycles. The van der Waals surface area contributed by atoms with Crippen LogP contribution in [0.15, 0.2) is 18.2 Å². The van der Waals surface area contributed by atoms with Crippen LogP contribution in [0, 0.1) is 0 Å². The number of aryl methyl sites for hydroxylation is 1. The molecule has 1 aromatic rings. The van der Waals surface area contributed by atoms with Gasteiger partial charge in [0.25, 0.3) is 0 Å². The Morgan fingerprint density at radius 2 is 1.95 bits per heavy atom. The van der Waals surface area contributed by atoms with Gasteiger partial charge in [-0.15, -0.1) is 0 Å². The van der Waals surface area contributed by atoms with E-state index in [1.54, 1.807) is 7.11 Å². The van der Waals surface area contributed by atoms with Gasteiger partial charge in [-0.1, -0.05) is 6.07 Å². The summed E-state index contributed by atoms with van der Waals surface area (Å²) in [6.45, 7) is 8.80. The molecule has 0 amide bonds. The van der Waals surface area contributed by atoms with Crippen LogP contribution in [-0.2, 0) is 10.8 Å². The minimum absolute atomic E-state index is 0.332. The maximum Gasteiger partial charge on any atom is 0.187 e. The quantitative estimate of drug-likeness (QED) is 0.610. The Kier molecular flexibility index (Phi) is 5.88. The number of anilines is 1. The first-order valence-electron chi connectivity index (χ1n) is 6.94. The predicted molar refractivity (Wildman–Crippen MR) is 84.2 cm³/mol. The van der Waals surface area contributed by atoms with Gasteiger partial charge >= 0.3 is 0 Å². The molecule has 0 saturated heterocycles. The Labute approximate surface area is 118 Å². The van der Waals surface area contributed by atoms with Gasteiger partial charge in [-0.05, 0) is 63.5 Å². The first kappa shape index (κ1) is 16.1. The first-order chi connectivity index (χ1) is 8.84. The normalized spacial score (nSPS) is 11.9. The van der Waals surface area contributed by atoms with Gasteiger partial charge in [-0.2, -0.15) is 0 Å². The summed E-state index contributed by atoms with van der Waals surface area (Å²) in [5.74, 6) is 0.771. The van der Waals surface area contributed by atoms with E-state index in [0.29, 0.717) is 11.8 Å². The van der Waals surface area contributed by atoms with Crippen molar-refractivity contribution in [3.63, 3.8) is 0 Å². The van der Waals surface area contributed by atoms with E-state index in [0.717, 1.165) is 18.6 Å². The van der Waals surface area contributed by atoms with Crippen molar-refractivity contribution in [3.8, 4) is 5.75 Å². The van der Waals surface area contributed by atoms with Gasteiger partial charge in [0.1, 0.15) is 5.75 Å². The summed E-state index contributed by atoms with van der Waals surface area (Å²) >= 11 is 0. The third-order valence-electron chi connectivity index (χ3n) is 3.10. The predicted octanol–water partition coefficient (Wildman–Crippen LogP) is 3.84. The van der Waals surface area contributed by atoms with Gasteiger partial charge in [0.2, 0.25) is 0 Å². The van der Waals surface area contributed by atoms with Crippen LogP contribution >= 0.6 is 0 Å². The van der Waals surface area contributed by atoms with Gasteiger partial charge in [0.15, 0.2) is 8.32 Å². The van der Waals surface area contributed by atoms with Gasteiger partial charge in [0, 0.05) is 6.10 Å².